The summed E-state index contributed by atoms with van der Waals surface area (Å²) in [5.41, 5.74) is 0. The van der Waals surface area contributed by atoms with Gasteiger partial charge in [-0.25, -0.2) is 0 Å². The van der Waals surface area contributed by atoms with E-state index in [0.717, 1.165) is 18.8 Å². The van der Waals surface area contributed by atoms with Gasteiger partial charge >= 0.3 is 0 Å². The Kier molecular flexibility index (Phi) is 25.1. The molecule has 0 spiro atoms. The minimum atomic E-state index is 0.351. The molecule has 0 saturated carbocycles. The van der Waals surface area contributed by atoms with Gasteiger partial charge in [-0.15, -0.1) is 0 Å². The third-order valence-electron chi connectivity index (χ3n) is 8.91. The number of ketones is 1. The molecule has 1 heterocycles. The van der Waals surface area contributed by atoms with Gasteiger partial charge in [0, 0.05) is 13.0 Å². The first-order valence-corrected chi connectivity index (χ1v) is 17.5. The van der Waals surface area contributed by atoms with Crippen LogP contribution in [0.3, 0.4) is 0 Å². The van der Waals surface area contributed by atoms with E-state index in [2.05, 4.69) is 23.8 Å². The number of carbonyl (C=O) groups excluding carboxylic acids is 1. The van der Waals surface area contributed by atoms with E-state index in [1.165, 1.54) is 180 Å². The quantitative estimate of drug-likeness (QED) is 0.0933. The molecule has 0 bridgehead atoms. The van der Waals surface area contributed by atoms with E-state index in [0.29, 0.717) is 5.78 Å². The molecule has 3 heteroatoms. The van der Waals surface area contributed by atoms with Crippen molar-refractivity contribution in [2.24, 2.45) is 5.92 Å². The number of likely N-dealkylation sites (tertiary alicyclic amines) is 1. The second kappa shape index (κ2) is 26.8. The molecular formula is C35H70N2O. The largest absolute Gasteiger partial charge is 0.306 e. The highest BCUT2D eigenvalue weighted by atomic mass is 16.1. The van der Waals surface area contributed by atoms with Crippen LogP contribution >= 0.6 is 0 Å². The van der Waals surface area contributed by atoms with Crippen LogP contribution in [0.1, 0.15) is 174 Å². The number of Topliss-reactive ketones (excluding diaryl/α,β-unsaturated/α-hetero) is 1. The molecular weight excluding hydrogens is 464 g/mol. The van der Waals surface area contributed by atoms with Crippen LogP contribution in [0.25, 0.3) is 0 Å². The molecule has 1 fully saturated rings. The molecule has 0 aliphatic carbocycles. The zero-order chi connectivity index (χ0) is 27.5. The van der Waals surface area contributed by atoms with E-state index in [1.54, 1.807) is 6.92 Å². The number of unbranched alkanes of at least 4 members (excludes halogenated alkanes) is 19. The lowest BCUT2D eigenvalue weighted by Gasteiger charge is -2.31. The Morgan fingerprint density at radius 2 is 1.11 bits per heavy atom. The third-order valence-corrected chi connectivity index (χ3v) is 8.91. The Hall–Kier alpha value is -0.410. The number of carbonyl (C=O) groups is 1. The predicted octanol–water partition coefficient (Wildman–Crippen LogP) is 10.2. The second-order valence-corrected chi connectivity index (χ2v) is 12.9. The van der Waals surface area contributed by atoms with Crippen LogP contribution < -0.4 is 0 Å². The van der Waals surface area contributed by atoms with Crippen molar-refractivity contribution in [2.45, 2.75) is 174 Å². The number of hydrogen-bond acceptors (Lipinski definition) is 3. The summed E-state index contributed by atoms with van der Waals surface area (Å²) in [6.07, 6.45) is 34.4. The molecule has 0 aromatic carbocycles. The Balaban J connectivity index is 2.10. The van der Waals surface area contributed by atoms with E-state index >= 15 is 0 Å². The van der Waals surface area contributed by atoms with Gasteiger partial charge in [-0.1, -0.05) is 122 Å². The molecule has 0 amide bonds. The fraction of sp³-hybridized carbons (Fsp3) is 0.971. The molecule has 226 valence electrons. The summed E-state index contributed by atoms with van der Waals surface area (Å²) in [7, 11) is 2.31. The smallest absolute Gasteiger partial charge is 0.129 e. The minimum Gasteiger partial charge on any atom is -0.306 e. The topological polar surface area (TPSA) is 23.6 Å². The molecule has 1 aliphatic rings. The maximum atomic E-state index is 11.0. The van der Waals surface area contributed by atoms with E-state index < -0.39 is 0 Å². The van der Waals surface area contributed by atoms with Gasteiger partial charge in [-0.2, -0.15) is 0 Å². The second-order valence-electron chi connectivity index (χ2n) is 12.9. The van der Waals surface area contributed by atoms with Crippen molar-refractivity contribution in [3.05, 3.63) is 0 Å². The lowest BCUT2D eigenvalue weighted by Crippen LogP contribution is -2.35. The summed E-state index contributed by atoms with van der Waals surface area (Å²) >= 11 is 0. The van der Waals surface area contributed by atoms with Crippen LogP contribution in [-0.2, 0) is 4.79 Å². The molecule has 38 heavy (non-hydrogen) atoms. The minimum absolute atomic E-state index is 0.351. The maximum Gasteiger partial charge on any atom is 0.129 e. The zero-order valence-corrected chi connectivity index (χ0v) is 26.6. The van der Waals surface area contributed by atoms with Crippen molar-refractivity contribution in [3.8, 4) is 0 Å². The highest BCUT2D eigenvalue weighted by Gasteiger charge is 2.18. The molecule has 0 aromatic rings. The monoisotopic (exact) mass is 535 g/mol. The molecule has 0 N–H and O–H groups in total. The number of rotatable bonds is 28. The van der Waals surface area contributed by atoms with Crippen molar-refractivity contribution in [3.63, 3.8) is 0 Å². The van der Waals surface area contributed by atoms with Gasteiger partial charge in [0.05, 0.1) is 0 Å². The first-order valence-electron chi connectivity index (χ1n) is 17.5. The average molecular weight is 535 g/mol. The Bertz CT molecular complexity index is 508. The predicted molar refractivity (Wildman–Crippen MR) is 169 cm³/mol. The van der Waals surface area contributed by atoms with Gasteiger partial charge in [-0.3, -0.25) is 0 Å². The van der Waals surface area contributed by atoms with Crippen molar-refractivity contribution >= 4 is 5.78 Å². The summed E-state index contributed by atoms with van der Waals surface area (Å²) in [5, 5.41) is 0. The lowest BCUT2D eigenvalue weighted by molar-refractivity contribution is -0.117. The summed E-state index contributed by atoms with van der Waals surface area (Å²) in [6.45, 7) is 10.6. The van der Waals surface area contributed by atoms with E-state index in [-0.39, 0.29) is 0 Å². The fourth-order valence-electron chi connectivity index (χ4n) is 6.33. The van der Waals surface area contributed by atoms with Gasteiger partial charge in [0.1, 0.15) is 5.78 Å². The molecule has 1 aliphatic heterocycles. The van der Waals surface area contributed by atoms with Crippen LogP contribution in [0.4, 0.5) is 0 Å². The summed E-state index contributed by atoms with van der Waals surface area (Å²) in [4.78, 5) is 16.4. The highest BCUT2D eigenvalue weighted by Crippen LogP contribution is 2.20. The van der Waals surface area contributed by atoms with Gasteiger partial charge in [0.2, 0.25) is 0 Å². The van der Waals surface area contributed by atoms with Gasteiger partial charge in [0.15, 0.2) is 0 Å². The molecule has 1 rings (SSSR count). The molecule has 1 atom stereocenters. The summed E-state index contributed by atoms with van der Waals surface area (Å²) in [6, 6.07) is 0. The summed E-state index contributed by atoms with van der Waals surface area (Å²) < 4.78 is 0. The van der Waals surface area contributed by atoms with E-state index in [1.807, 2.05) is 0 Å². The van der Waals surface area contributed by atoms with Crippen LogP contribution in [0.5, 0.6) is 0 Å². The Morgan fingerprint density at radius 3 is 1.55 bits per heavy atom. The Labute approximate surface area is 240 Å². The van der Waals surface area contributed by atoms with Crippen molar-refractivity contribution < 1.29 is 4.79 Å². The van der Waals surface area contributed by atoms with Crippen molar-refractivity contribution in [2.75, 3.05) is 39.8 Å². The fourth-order valence-corrected chi connectivity index (χ4v) is 6.33. The SMILES string of the molecule is CCCCCCCCCCCCCCN(CCCCCCCCCCCC(C)=O)CCC1CCCN(C)C1. The van der Waals surface area contributed by atoms with Gasteiger partial charge < -0.3 is 14.6 Å². The van der Waals surface area contributed by atoms with Crippen LogP contribution in [0.15, 0.2) is 0 Å². The van der Waals surface area contributed by atoms with Gasteiger partial charge in [-0.05, 0) is 84.6 Å². The van der Waals surface area contributed by atoms with Crippen molar-refractivity contribution in [1.82, 2.24) is 9.80 Å². The molecule has 1 saturated heterocycles. The molecule has 0 aromatic heterocycles. The van der Waals surface area contributed by atoms with Crippen molar-refractivity contribution in [1.29, 1.82) is 0 Å². The van der Waals surface area contributed by atoms with Crippen LogP contribution in [0.2, 0.25) is 0 Å². The van der Waals surface area contributed by atoms with E-state index in [9.17, 15) is 4.79 Å². The molecule has 1 unspecified atom stereocenters. The first-order chi connectivity index (χ1) is 18.6. The third kappa shape index (κ3) is 23.5. The Morgan fingerprint density at radius 1 is 0.658 bits per heavy atom. The highest BCUT2D eigenvalue weighted by molar-refractivity contribution is 5.75. The lowest BCUT2D eigenvalue weighted by atomic mass is 9.95. The number of piperidine rings is 1. The maximum absolute atomic E-state index is 11.0. The van der Waals surface area contributed by atoms with Gasteiger partial charge in [0.25, 0.3) is 0 Å². The molecule has 0 radical (unpaired) electrons. The summed E-state index contributed by atoms with van der Waals surface area (Å²) in [5.74, 6) is 1.28. The number of hydrogen-bond donors (Lipinski definition) is 0. The normalized spacial score (nSPS) is 16.5. The molecule has 3 nitrogen and oxygen atoms in total. The first kappa shape index (κ1) is 35.6. The van der Waals surface area contributed by atoms with Crippen LogP contribution in [0, 0.1) is 5.92 Å². The standard InChI is InChI=1S/C35H70N2O/c1-4-5-6-7-8-9-10-11-14-17-20-23-30-37(32-28-35-27-25-29-36(3)33-35)31-24-21-18-15-12-13-16-19-22-26-34(2)38/h35H,4-33H2,1-3H3. The zero-order valence-electron chi connectivity index (χ0n) is 26.6. The van der Waals surface area contributed by atoms with Crippen LogP contribution in [-0.4, -0.2) is 55.4 Å². The van der Waals surface area contributed by atoms with E-state index in [4.69, 9.17) is 0 Å². The number of nitrogens with zero attached hydrogens (tertiary/aromatic N) is 2. The average Bonchev–Trinajstić information content (AvgIpc) is 2.90.